The van der Waals surface area contributed by atoms with Crippen molar-refractivity contribution < 1.29 is 28.4 Å². The van der Waals surface area contributed by atoms with E-state index in [4.69, 9.17) is 28.4 Å². The highest BCUT2D eigenvalue weighted by molar-refractivity contribution is 4.85. The van der Waals surface area contributed by atoms with Crippen LogP contribution in [0.3, 0.4) is 0 Å². The van der Waals surface area contributed by atoms with Crippen molar-refractivity contribution in [2.75, 3.05) is 39.6 Å². The van der Waals surface area contributed by atoms with Gasteiger partial charge in [0.25, 0.3) is 5.79 Å². The summed E-state index contributed by atoms with van der Waals surface area (Å²) in [5, 5.41) is 0. The summed E-state index contributed by atoms with van der Waals surface area (Å²) in [5.74, 6) is -1.03. The average Bonchev–Trinajstić information content (AvgIpc) is 3.02. The van der Waals surface area contributed by atoms with Crippen molar-refractivity contribution in [1.29, 1.82) is 0 Å². The maximum atomic E-state index is 5.59. The standard InChI is InChI=1S/C9H14O6/c1-2-11-7(10-1)9(14-5-6-15-9)8-12-3-4-13-8/h7-8H,1-6H2. The molecule has 0 saturated carbocycles. The van der Waals surface area contributed by atoms with Crippen molar-refractivity contribution in [3.63, 3.8) is 0 Å². The molecule has 0 unspecified atom stereocenters. The van der Waals surface area contributed by atoms with Gasteiger partial charge in [0.1, 0.15) is 0 Å². The molecule has 0 aromatic rings. The Morgan fingerprint density at radius 2 is 1.00 bits per heavy atom. The summed E-state index contributed by atoms with van der Waals surface area (Å²) < 4.78 is 32.9. The van der Waals surface area contributed by atoms with Gasteiger partial charge in [-0.2, -0.15) is 0 Å². The van der Waals surface area contributed by atoms with Gasteiger partial charge in [-0.1, -0.05) is 0 Å². The van der Waals surface area contributed by atoms with Crippen LogP contribution in [0.15, 0.2) is 0 Å². The molecule has 0 spiro atoms. The van der Waals surface area contributed by atoms with Crippen LogP contribution in [0, 0.1) is 0 Å². The van der Waals surface area contributed by atoms with Gasteiger partial charge in [-0.15, -0.1) is 0 Å². The fraction of sp³-hybridized carbons (Fsp3) is 1.00. The highest BCUT2D eigenvalue weighted by atomic mass is 16.9. The lowest BCUT2D eigenvalue weighted by atomic mass is 10.2. The molecule has 3 saturated heterocycles. The van der Waals surface area contributed by atoms with Crippen LogP contribution in [0.2, 0.25) is 0 Å². The SMILES string of the molecule is C1COC(C2(C3OCCO3)OCCO2)O1. The van der Waals surface area contributed by atoms with Gasteiger partial charge in [0.05, 0.1) is 39.6 Å². The quantitative estimate of drug-likeness (QED) is 0.621. The molecule has 0 bridgehead atoms. The van der Waals surface area contributed by atoms with Crippen molar-refractivity contribution in [2.45, 2.75) is 18.4 Å². The fourth-order valence-electron chi connectivity index (χ4n) is 2.01. The van der Waals surface area contributed by atoms with Gasteiger partial charge in [-0.05, 0) is 0 Å². The third-order valence-electron chi connectivity index (χ3n) is 2.64. The predicted molar refractivity (Wildman–Crippen MR) is 46.0 cm³/mol. The number of hydrogen-bond acceptors (Lipinski definition) is 6. The Kier molecular flexibility index (Phi) is 2.63. The molecule has 3 aliphatic heterocycles. The van der Waals surface area contributed by atoms with Crippen LogP contribution in [0.1, 0.15) is 0 Å². The second-order valence-corrected chi connectivity index (χ2v) is 3.57. The molecular formula is C9H14O6. The summed E-state index contributed by atoms with van der Waals surface area (Å²) in [6, 6.07) is 0. The smallest absolute Gasteiger partial charge is 0.273 e. The van der Waals surface area contributed by atoms with E-state index in [-0.39, 0.29) is 0 Å². The van der Waals surface area contributed by atoms with Crippen LogP contribution in [0.4, 0.5) is 0 Å². The number of ether oxygens (including phenoxy) is 6. The first kappa shape index (κ1) is 9.95. The van der Waals surface area contributed by atoms with E-state index in [0.29, 0.717) is 39.6 Å². The van der Waals surface area contributed by atoms with E-state index >= 15 is 0 Å². The zero-order valence-corrected chi connectivity index (χ0v) is 8.35. The lowest BCUT2D eigenvalue weighted by Gasteiger charge is -2.34. The highest BCUT2D eigenvalue weighted by Crippen LogP contribution is 2.35. The molecule has 0 N–H and O–H groups in total. The van der Waals surface area contributed by atoms with E-state index in [1.54, 1.807) is 0 Å². The predicted octanol–water partition coefficient (Wildman–Crippen LogP) is -0.525. The first-order chi connectivity index (χ1) is 7.42. The Morgan fingerprint density at radius 1 is 0.600 bits per heavy atom. The second-order valence-electron chi connectivity index (χ2n) is 3.57. The van der Waals surface area contributed by atoms with Gasteiger partial charge in [-0.3, -0.25) is 0 Å². The van der Waals surface area contributed by atoms with Crippen LogP contribution in [0.25, 0.3) is 0 Å². The molecule has 0 atom stereocenters. The fourth-order valence-corrected chi connectivity index (χ4v) is 2.01. The van der Waals surface area contributed by atoms with Gasteiger partial charge >= 0.3 is 0 Å². The van der Waals surface area contributed by atoms with Crippen molar-refractivity contribution in [2.24, 2.45) is 0 Å². The molecule has 6 heteroatoms. The molecule has 0 aromatic carbocycles. The topological polar surface area (TPSA) is 55.4 Å². The monoisotopic (exact) mass is 218 g/mol. The molecule has 3 heterocycles. The Labute approximate surface area is 87.3 Å². The lowest BCUT2D eigenvalue weighted by Crippen LogP contribution is -2.54. The molecule has 3 rings (SSSR count). The van der Waals surface area contributed by atoms with Crippen LogP contribution < -0.4 is 0 Å². The zero-order chi connectivity index (χ0) is 10.1. The van der Waals surface area contributed by atoms with Crippen molar-refractivity contribution in [1.82, 2.24) is 0 Å². The van der Waals surface area contributed by atoms with E-state index in [1.807, 2.05) is 0 Å². The Hall–Kier alpha value is -0.240. The van der Waals surface area contributed by atoms with E-state index in [9.17, 15) is 0 Å². The van der Waals surface area contributed by atoms with Gasteiger partial charge in [0.15, 0.2) is 0 Å². The van der Waals surface area contributed by atoms with Crippen LogP contribution in [-0.4, -0.2) is 58.0 Å². The largest absolute Gasteiger partial charge is 0.345 e. The summed E-state index contributed by atoms with van der Waals surface area (Å²) in [7, 11) is 0. The molecule has 86 valence electrons. The van der Waals surface area contributed by atoms with Gasteiger partial charge in [0, 0.05) is 0 Å². The minimum absolute atomic E-state index is 0.506. The van der Waals surface area contributed by atoms with E-state index in [2.05, 4.69) is 0 Å². The van der Waals surface area contributed by atoms with Gasteiger partial charge < -0.3 is 28.4 Å². The molecule has 0 aliphatic carbocycles. The second kappa shape index (κ2) is 3.97. The molecular weight excluding hydrogens is 204 g/mol. The Bertz CT molecular complexity index is 197. The molecule has 0 aromatic heterocycles. The summed E-state index contributed by atoms with van der Waals surface area (Å²) >= 11 is 0. The maximum Gasteiger partial charge on any atom is 0.273 e. The molecule has 3 fully saturated rings. The van der Waals surface area contributed by atoms with E-state index in [0.717, 1.165) is 0 Å². The molecule has 3 aliphatic rings. The van der Waals surface area contributed by atoms with E-state index < -0.39 is 18.4 Å². The Morgan fingerprint density at radius 3 is 1.40 bits per heavy atom. The van der Waals surface area contributed by atoms with Crippen molar-refractivity contribution >= 4 is 0 Å². The van der Waals surface area contributed by atoms with E-state index in [1.165, 1.54) is 0 Å². The summed E-state index contributed by atoms with van der Waals surface area (Å²) in [6.45, 7) is 3.20. The van der Waals surface area contributed by atoms with Crippen molar-refractivity contribution in [3.05, 3.63) is 0 Å². The summed E-state index contributed by atoms with van der Waals surface area (Å²) in [6.07, 6.45) is -1.11. The van der Waals surface area contributed by atoms with Crippen molar-refractivity contribution in [3.8, 4) is 0 Å². The number of rotatable bonds is 2. The zero-order valence-electron chi connectivity index (χ0n) is 8.35. The lowest BCUT2D eigenvalue weighted by molar-refractivity contribution is -0.354. The van der Waals surface area contributed by atoms with Gasteiger partial charge in [0.2, 0.25) is 12.6 Å². The molecule has 15 heavy (non-hydrogen) atoms. The molecule has 0 radical (unpaired) electrons. The first-order valence-electron chi connectivity index (χ1n) is 5.16. The van der Waals surface area contributed by atoms with Crippen LogP contribution in [0.5, 0.6) is 0 Å². The molecule has 0 amide bonds. The van der Waals surface area contributed by atoms with Crippen LogP contribution in [-0.2, 0) is 28.4 Å². The number of hydrogen-bond donors (Lipinski definition) is 0. The third kappa shape index (κ3) is 1.57. The summed E-state index contributed by atoms with van der Waals surface area (Å²) in [5.41, 5.74) is 0. The van der Waals surface area contributed by atoms with Gasteiger partial charge in [-0.25, -0.2) is 0 Å². The minimum atomic E-state index is -1.03. The maximum absolute atomic E-state index is 5.59. The van der Waals surface area contributed by atoms with Crippen LogP contribution >= 0.6 is 0 Å². The normalized spacial score (nSPS) is 32.8. The average molecular weight is 218 g/mol. The minimum Gasteiger partial charge on any atom is -0.345 e. The Balaban J connectivity index is 1.80. The molecule has 6 nitrogen and oxygen atoms in total. The third-order valence-corrected chi connectivity index (χ3v) is 2.64. The highest BCUT2D eigenvalue weighted by Gasteiger charge is 2.57. The summed E-state index contributed by atoms with van der Waals surface area (Å²) in [4.78, 5) is 0. The first-order valence-corrected chi connectivity index (χ1v) is 5.16.